The molecule has 4 heterocycles. The molecule has 1 atom stereocenters. The van der Waals surface area contributed by atoms with Crippen LogP contribution >= 0.6 is 0 Å². The second kappa shape index (κ2) is 9.59. The van der Waals surface area contributed by atoms with Crippen molar-refractivity contribution in [3.8, 4) is 17.2 Å². The third-order valence-electron chi connectivity index (χ3n) is 6.54. The Bertz CT molecular complexity index is 1430. The van der Waals surface area contributed by atoms with Crippen molar-refractivity contribution in [1.82, 2.24) is 30.1 Å². The minimum Gasteiger partial charge on any atom is -0.497 e. The molecule has 0 aliphatic carbocycles. The first-order chi connectivity index (χ1) is 17.7. The number of aromatic amines is 1. The van der Waals surface area contributed by atoms with Crippen LogP contribution in [0.15, 0.2) is 47.3 Å². The Morgan fingerprint density at radius 3 is 2.53 bits per heavy atom. The van der Waals surface area contributed by atoms with Crippen LogP contribution in [0.3, 0.4) is 0 Å². The van der Waals surface area contributed by atoms with E-state index in [1.54, 1.807) is 11.8 Å². The van der Waals surface area contributed by atoms with E-state index in [9.17, 15) is 4.79 Å². The van der Waals surface area contributed by atoms with Gasteiger partial charge >= 0.3 is 0 Å². The van der Waals surface area contributed by atoms with Crippen LogP contribution in [0.25, 0.3) is 10.9 Å². The number of aromatic nitrogens is 5. The van der Waals surface area contributed by atoms with Gasteiger partial charge in [0.2, 0.25) is 0 Å². The summed E-state index contributed by atoms with van der Waals surface area (Å²) >= 11 is 0. The number of nitrogens with one attached hydrogen (secondary N) is 1. The molecule has 11 heteroatoms. The number of ether oxygens (including phenoxy) is 4. The van der Waals surface area contributed by atoms with Crippen molar-refractivity contribution < 1.29 is 18.9 Å². The van der Waals surface area contributed by atoms with Gasteiger partial charge in [0.05, 0.1) is 32.4 Å². The average Bonchev–Trinajstić information content (AvgIpc) is 3.36. The summed E-state index contributed by atoms with van der Waals surface area (Å²) in [5.74, 6) is 2.67. The molecule has 0 spiro atoms. The summed E-state index contributed by atoms with van der Waals surface area (Å²) in [5.41, 5.74) is 2.06. The van der Waals surface area contributed by atoms with Crippen LogP contribution < -0.4 is 19.8 Å². The fourth-order valence-electron chi connectivity index (χ4n) is 4.72. The highest BCUT2D eigenvalue weighted by Crippen LogP contribution is 2.35. The molecule has 0 saturated carbocycles. The predicted molar refractivity (Wildman–Crippen MR) is 130 cm³/mol. The Hall–Kier alpha value is -3.96. The second-order valence-electron chi connectivity index (χ2n) is 8.73. The van der Waals surface area contributed by atoms with Crippen molar-refractivity contribution in [3.05, 3.63) is 69.8 Å². The molecule has 11 nitrogen and oxygen atoms in total. The van der Waals surface area contributed by atoms with Crippen molar-refractivity contribution in [2.45, 2.75) is 12.6 Å². The number of methoxy groups -OCH3 is 1. The molecule has 0 amide bonds. The predicted octanol–water partition coefficient (Wildman–Crippen LogP) is 1.76. The lowest BCUT2D eigenvalue weighted by atomic mass is 10.0. The first-order valence-corrected chi connectivity index (χ1v) is 11.9. The van der Waals surface area contributed by atoms with E-state index in [1.807, 2.05) is 42.5 Å². The van der Waals surface area contributed by atoms with E-state index in [4.69, 9.17) is 18.9 Å². The number of nitrogens with zero attached hydrogens (tertiary/aromatic N) is 5. The summed E-state index contributed by atoms with van der Waals surface area (Å²) < 4.78 is 24.0. The summed E-state index contributed by atoms with van der Waals surface area (Å²) in [7, 11) is 1.64. The molecule has 2 aliphatic rings. The fourth-order valence-corrected chi connectivity index (χ4v) is 4.72. The van der Waals surface area contributed by atoms with Crippen LogP contribution in [0.1, 0.15) is 23.0 Å². The fraction of sp³-hybridized carbons (Fsp3) is 0.360. The molecule has 6 rings (SSSR count). The first-order valence-electron chi connectivity index (χ1n) is 11.9. The van der Waals surface area contributed by atoms with Gasteiger partial charge < -0.3 is 23.9 Å². The number of benzene rings is 2. The van der Waals surface area contributed by atoms with E-state index in [2.05, 4.69) is 25.4 Å². The quantitative estimate of drug-likeness (QED) is 0.432. The van der Waals surface area contributed by atoms with Crippen LogP contribution in [0.4, 0.5) is 0 Å². The maximum Gasteiger partial charge on any atom is 0.253 e. The summed E-state index contributed by atoms with van der Waals surface area (Å²) in [6.07, 6.45) is 0. The molecule has 2 aliphatic heterocycles. The molecule has 2 aromatic heterocycles. The highest BCUT2D eigenvalue weighted by molar-refractivity contribution is 5.83. The third-order valence-corrected chi connectivity index (χ3v) is 6.54. The second-order valence-corrected chi connectivity index (χ2v) is 8.73. The first kappa shape index (κ1) is 22.5. The van der Waals surface area contributed by atoms with Gasteiger partial charge in [0, 0.05) is 30.1 Å². The number of morpholine rings is 1. The molecule has 186 valence electrons. The number of fused-ring (bicyclic) bond motifs is 2. The monoisotopic (exact) mass is 490 g/mol. The highest BCUT2D eigenvalue weighted by Gasteiger charge is 2.32. The van der Waals surface area contributed by atoms with Gasteiger partial charge in [-0.15, -0.1) is 5.10 Å². The topological polar surface area (TPSA) is 117 Å². The standard InChI is InChI=1S/C25H26N6O5/c1-33-18-4-2-16(3-5-18)15-31-24(27-28-29-31)23(30-6-8-34-9-7-30)19-12-17-13-21-22(36-11-10-35-21)14-20(17)26-25(19)32/h2-5,12-14,23H,6-11,15H2,1H3,(H,26,32)/t23-/m1/s1. The van der Waals surface area contributed by atoms with Gasteiger partial charge in [0.25, 0.3) is 5.56 Å². The molecule has 0 unspecified atom stereocenters. The maximum absolute atomic E-state index is 13.4. The maximum atomic E-state index is 13.4. The van der Waals surface area contributed by atoms with Crippen LogP contribution in [-0.2, 0) is 11.3 Å². The van der Waals surface area contributed by atoms with Gasteiger partial charge in [0.15, 0.2) is 17.3 Å². The molecule has 1 fully saturated rings. The van der Waals surface area contributed by atoms with Gasteiger partial charge in [-0.3, -0.25) is 9.69 Å². The Labute approximate surface area is 206 Å². The molecule has 4 aromatic rings. The van der Waals surface area contributed by atoms with E-state index in [0.717, 1.165) is 16.7 Å². The molecule has 36 heavy (non-hydrogen) atoms. The van der Waals surface area contributed by atoms with Crippen LogP contribution in [0.5, 0.6) is 17.2 Å². The van der Waals surface area contributed by atoms with E-state index >= 15 is 0 Å². The molecule has 2 aromatic carbocycles. The summed E-state index contributed by atoms with van der Waals surface area (Å²) in [6, 6.07) is 12.9. The van der Waals surface area contributed by atoms with Crippen molar-refractivity contribution in [2.75, 3.05) is 46.6 Å². The van der Waals surface area contributed by atoms with Crippen LogP contribution in [0.2, 0.25) is 0 Å². The van der Waals surface area contributed by atoms with Gasteiger partial charge in [-0.05, 0) is 40.3 Å². The molecular formula is C25H26N6O5. The lowest BCUT2D eigenvalue weighted by Gasteiger charge is -2.33. The van der Waals surface area contributed by atoms with Crippen molar-refractivity contribution in [3.63, 3.8) is 0 Å². The average molecular weight is 491 g/mol. The minimum absolute atomic E-state index is 0.199. The Kier molecular flexibility index (Phi) is 5.99. The smallest absolute Gasteiger partial charge is 0.253 e. The zero-order chi connectivity index (χ0) is 24.5. The number of pyridine rings is 1. The lowest BCUT2D eigenvalue weighted by molar-refractivity contribution is 0.0214. The van der Waals surface area contributed by atoms with Gasteiger partial charge in [-0.25, -0.2) is 4.68 Å². The molecule has 1 saturated heterocycles. The molecular weight excluding hydrogens is 464 g/mol. The normalized spacial score (nSPS) is 16.7. The van der Waals surface area contributed by atoms with E-state index in [0.29, 0.717) is 74.5 Å². The molecule has 0 radical (unpaired) electrons. The summed E-state index contributed by atoms with van der Waals surface area (Å²) in [5, 5.41) is 13.5. The van der Waals surface area contributed by atoms with Crippen molar-refractivity contribution in [2.24, 2.45) is 0 Å². The molecule has 0 bridgehead atoms. The van der Waals surface area contributed by atoms with E-state index < -0.39 is 6.04 Å². The number of hydrogen-bond acceptors (Lipinski definition) is 9. The van der Waals surface area contributed by atoms with Crippen molar-refractivity contribution >= 4 is 10.9 Å². The number of hydrogen-bond donors (Lipinski definition) is 1. The lowest BCUT2D eigenvalue weighted by Crippen LogP contribution is -2.42. The third kappa shape index (κ3) is 4.27. The minimum atomic E-state index is -0.455. The Morgan fingerprint density at radius 2 is 1.78 bits per heavy atom. The Balaban J connectivity index is 1.43. The van der Waals surface area contributed by atoms with Gasteiger partial charge in [-0.1, -0.05) is 12.1 Å². The Morgan fingerprint density at radius 1 is 1.03 bits per heavy atom. The van der Waals surface area contributed by atoms with Crippen LogP contribution in [0, 0.1) is 0 Å². The van der Waals surface area contributed by atoms with Gasteiger partial charge in [-0.2, -0.15) is 0 Å². The molecule has 1 N–H and O–H groups in total. The highest BCUT2D eigenvalue weighted by atomic mass is 16.6. The van der Waals surface area contributed by atoms with Gasteiger partial charge in [0.1, 0.15) is 25.0 Å². The number of tetrazole rings is 1. The van der Waals surface area contributed by atoms with E-state index in [1.165, 1.54) is 0 Å². The SMILES string of the molecule is COc1ccc(Cn2nnnc2[C@@H](c2cc3cc4c(cc3[nH]c2=O)OCCO4)N2CCOCC2)cc1. The summed E-state index contributed by atoms with van der Waals surface area (Å²) in [6.45, 7) is 3.87. The zero-order valence-electron chi connectivity index (χ0n) is 19.8. The van der Waals surface area contributed by atoms with Crippen molar-refractivity contribution in [1.29, 1.82) is 0 Å². The summed E-state index contributed by atoms with van der Waals surface area (Å²) in [4.78, 5) is 18.7. The van der Waals surface area contributed by atoms with Crippen LogP contribution in [-0.4, -0.2) is 76.7 Å². The number of H-pyrrole nitrogens is 1. The zero-order valence-corrected chi connectivity index (χ0v) is 19.8. The van der Waals surface area contributed by atoms with E-state index in [-0.39, 0.29) is 5.56 Å². The number of rotatable bonds is 6. The largest absolute Gasteiger partial charge is 0.497 e.